The molecular weight excluding hydrogens is 483 g/mol. The summed E-state index contributed by atoms with van der Waals surface area (Å²) in [6.45, 7) is 1.44. The molecule has 174 valence electrons. The zero-order valence-corrected chi connectivity index (χ0v) is 20.5. The van der Waals surface area contributed by atoms with Gasteiger partial charge in [0.2, 0.25) is 15.9 Å². The van der Waals surface area contributed by atoms with E-state index in [2.05, 4.69) is 5.32 Å². The number of carbonyl (C=O) groups excluding carboxylic acids is 1. The van der Waals surface area contributed by atoms with Crippen LogP contribution in [0.25, 0.3) is 0 Å². The molecule has 0 fully saturated rings. The third kappa shape index (κ3) is 6.48. The molecule has 1 atom stereocenters. The van der Waals surface area contributed by atoms with Gasteiger partial charge in [0.1, 0.15) is 5.75 Å². The molecule has 0 spiro atoms. The largest absolute Gasteiger partial charge is 0.496 e. The summed E-state index contributed by atoms with van der Waals surface area (Å²) < 4.78 is 33.2. The van der Waals surface area contributed by atoms with Crippen LogP contribution in [-0.2, 0) is 21.4 Å². The Hall–Kier alpha value is -2.58. The van der Waals surface area contributed by atoms with E-state index in [4.69, 9.17) is 27.9 Å². The van der Waals surface area contributed by atoms with Gasteiger partial charge >= 0.3 is 0 Å². The van der Waals surface area contributed by atoms with Crippen LogP contribution in [0.15, 0.2) is 77.7 Å². The molecule has 0 aliphatic heterocycles. The highest BCUT2D eigenvalue weighted by Crippen LogP contribution is 2.25. The Bertz CT molecular complexity index is 1200. The zero-order valence-electron chi connectivity index (χ0n) is 18.2. The van der Waals surface area contributed by atoms with E-state index in [-0.39, 0.29) is 24.0 Å². The van der Waals surface area contributed by atoms with Gasteiger partial charge in [-0.3, -0.25) is 4.79 Å². The average molecular weight is 507 g/mol. The fourth-order valence-electron chi connectivity index (χ4n) is 3.32. The van der Waals surface area contributed by atoms with Crippen molar-refractivity contribution in [3.8, 4) is 5.75 Å². The van der Waals surface area contributed by atoms with E-state index < -0.39 is 15.9 Å². The number of methoxy groups -OCH3 is 1. The van der Waals surface area contributed by atoms with Crippen LogP contribution in [0, 0.1) is 0 Å². The Morgan fingerprint density at radius 2 is 1.55 bits per heavy atom. The highest BCUT2D eigenvalue weighted by atomic mass is 35.5. The number of benzene rings is 3. The monoisotopic (exact) mass is 506 g/mol. The van der Waals surface area contributed by atoms with Gasteiger partial charge in [0.25, 0.3) is 0 Å². The van der Waals surface area contributed by atoms with Gasteiger partial charge in [0.05, 0.1) is 24.6 Å². The molecule has 0 saturated carbocycles. The van der Waals surface area contributed by atoms with Gasteiger partial charge < -0.3 is 10.1 Å². The maximum Gasteiger partial charge on any atom is 0.243 e. The van der Waals surface area contributed by atoms with Crippen LogP contribution < -0.4 is 10.1 Å². The summed E-state index contributed by atoms with van der Waals surface area (Å²) in [5.41, 5.74) is 1.49. The van der Waals surface area contributed by atoms with Gasteiger partial charge in [-0.15, -0.1) is 0 Å². The van der Waals surface area contributed by atoms with Crippen LogP contribution in [0.5, 0.6) is 5.75 Å². The summed E-state index contributed by atoms with van der Waals surface area (Å²) in [4.78, 5) is 13.0. The molecule has 3 rings (SSSR count). The summed E-state index contributed by atoms with van der Waals surface area (Å²) >= 11 is 11.9. The van der Waals surface area contributed by atoms with Crippen molar-refractivity contribution in [2.45, 2.75) is 24.4 Å². The first-order valence-electron chi connectivity index (χ1n) is 10.1. The Morgan fingerprint density at radius 1 is 0.970 bits per heavy atom. The van der Waals surface area contributed by atoms with Crippen molar-refractivity contribution in [1.29, 1.82) is 0 Å². The average Bonchev–Trinajstić information content (AvgIpc) is 2.80. The summed E-state index contributed by atoms with van der Waals surface area (Å²) in [6, 6.07) is 19.6. The van der Waals surface area contributed by atoms with Crippen LogP contribution in [0.4, 0.5) is 0 Å². The second-order valence-electron chi connectivity index (χ2n) is 7.38. The molecule has 1 N–H and O–H groups in total. The molecule has 0 unspecified atom stereocenters. The maximum atomic E-state index is 13.4. The Morgan fingerprint density at radius 3 is 2.15 bits per heavy atom. The Kier molecular flexibility index (Phi) is 8.37. The first-order chi connectivity index (χ1) is 15.7. The predicted molar refractivity (Wildman–Crippen MR) is 130 cm³/mol. The van der Waals surface area contributed by atoms with Crippen LogP contribution in [0.3, 0.4) is 0 Å². The van der Waals surface area contributed by atoms with Crippen LogP contribution in [-0.4, -0.2) is 32.3 Å². The minimum atomic E-state index is -3.98. The second kappa shape index (κ2) is 11.0. The zero-order chi connectivity index (χ0) is 24.0. The molecule has 0 saturated heterocycles. The lowest BCUT2D eigenvalue weighted by Gasteiger charge is -2.24. The summed E-state index contributed by atoms with van der Waals surface area (Å²) in [5.74, 6) is 0.192. The van der Waals surface area contributed by atoms with Gasteiger partial charge in [-0.1, -0.05) is 53.5 Å². The molecule has 3 aromatic carbocycles. The Labute approximate surface area is 204 Å². The second-order valence-corrected chi connectivity index (χ2v) is 10.2. The first kappa shape index (κ1) is 25.1. The van der Waals surface area contributed by atoms with Gasteiger partial charge in [0.15, 0.2) is 0 Å². The predicted octanol–water partition coefficient (Wildman–Crippen LogP) is 5.07. The molecule has 0 bridgehead atoms. The van der Waals surface area contributed by atoms with Crippen LogP contribution in [0.2, 0.25) is 10.0 Å². The van der Waals surface area contributed by atoms with Gasteiger partial charge in [-0.05, 0) is 55.0 Å². The van der Waals surface area contributed by atoms with Crippen molar-refractivity contribution in [1.82, 2.24) is 9.62 Å². The number of rotatable bonds is 9. The number of hydrogen-bond acceptors (Lipinski definition) is 4. The number of nitrogens with zero attached hydrogens (tertiary/aromatic N) is 1. The van der Waals surface area contributed by atoms with E-state index in [0.29, 0.717) is 21.4 Å². The van der Waals surface area contributed by atoms with Crippen molar-refractivity contribution in [3.63, 3.8) is 0 Å². The van der Waals surface area contributed by atoms with Crippen molar-refractivity contribution in [2.75, 3.05) is 13.7 Å². The molecule has 0 aromatic heterocycles. The Balaban J connectivity index is 1.84. The van der Waals surface area contributed by atoms with Crippen molar-refractivity contribution >= 4 is 39.1 Å². The lowest BCUT2D eigenvalue weighted by molar-refractivity contribution is -0.122. The number of ether oxygens (including phenoxy) is 1. The quantitative estimate of drug-likeness (QED) is 0.439. The molecule has 6 nitrogen and oxygen atoms in total. The minimum Gasteiger partial charge on any atom is -0.496 e. The smallest absolute Gasteiger partial charge is 0.243 e. The van der Waals surface area contributed by atoms with Gasteiger partial charge in [-0.25, -0.2) is 8.42 Å². The van der Waals surface area contributed by atoms with E-state index in [9.17, 15) is 13.2 Å². The highest BCUT2D eigenvalue weighted by molar-refractivity contribution is 7.89. The summed E-state index contributed by atoms with van der Waals surface area (Å²) in [6.07, 6.45) is 0. The fraction of sp³-hybridized carbons (Fsp3) is 0.208. The number of hydrogen-bond donors (Lipinski definition) is 1. The van der Waals surface area contributed by atoms with Crippen molar-refractivity contribution in [3.05, 3.63) is 94.0 Å². The highest BCUT2D eigenvalue weighted by Gasteiger charge is 2.27. The lowest BCUT2D eigenvalue weighted by atomic mass is 10.1. The normalized spacial score (nSPS) is 12.4. The van der Waals surface area contributed by atoms with E-state index in [1.807, 2.05) is 25.1 Å². The first-order valence-corrected chi connectivity index (χ1v) is 12.3. The number of carbonyl (C=O) groups is 1. The fourth-order valence-corrected chi connectivity index (χ4v) is 4.96. The van der Waals surface area contributed by atoms with Gasteiger partial charge in [0, 0.05) is 22.2 Å². The molecule has 0 aliphatic carbocycles. The topological polar surface area (TPSA) is 75.7 Å². The summed E-state index contributed by atoms with van der Waals surface area (Å²) in [7, 11) is -2.42. The number of halogens is 2. The molecule has 0 heterocycles. The molecule has 0 aliphatic rings. The number of amides is 1. The van der Waals surface area contributed by atoms with E-state index in [0.717, 1.165) is 9.87 Å². The third-order valence-electron chi connectivity index (χ3n) is 5.03. The molecular formula is C24H24Cl2N2O4S. The van der Waals surface area contributed by atoms with Crippen molar-refractivity contribution < 1.29 is 17.9 Å². The molecule has 9 heteroatoms. The van der Waals surface area contributed by atoms with Crippen molar-refractivity contribution in [2.24, 2.45) is 0 Å². The van der Waals surface area contributed by atoms with Crippen LogP contribution in [0.1, 0.15) is 24.1 Å². The number of nitrogens with one attached hydrogen (secondary N) is 1. The maximum absolute atomic E-state index is 13.4. The van der Waals surface area contributed by atoms with E-state index in [1.165, 1.54) is 24.3 Å². The number of para-hydroxylation sites is 1. The molecule has 0 radical (unpaired) electrons. The van der Waals surface area contributed by atoms with E-state index >= 15 is 0 Å². The molecule has 3 aromatic rings. The van der Waals surface area contributed by atoms with Gasteiger partial charge in [-0.2, -0.15) is 4.31 Å². The SMILES string of the molecule is COc1ccccc1[C@H](C)NC(=O)CN(Cc1ccc(Cl)cc1)S(=O)(=O)c1ccc(Cl)cc1. The third-order valence-corrected chi connectivity index (χ3v) is 7.34. The summed E-state index contributed by atoms with van der Waals surface area (Å²) in [5, 5.41) is 3.82. The molecule has 33 heavy (non-hydrogen) atoms. The standard InChI is InChI=1S/C24H24Cl2N2O4S/c1-17(22-5-3-4-6-23(22)32-2)27-24(29)16-28(15-18-7-9-19(25)10-8-18)33(30,31)21-13-11-20(26)12-14-21/h3-14,17H,15-16H2,1-2H3,(H,27,29)/t17-/m0/s1. The number of sulfonamides is 1. The van der Waals surface area contributed by atoms with E-state index in [1.54, 1.807) is 37.4 Å². The minimum absolute atomic E-state index is 0.00140. The van der Waals surface area contributed by atoms with Crippen LogP contribution >= 0.6 is 23.2 Å². The molecule has 1 amide bonds. The lowest BCUT2D eigenvalue weighted by Crippen LogP contribution is -2.41.